The summed E-state index contributed by atoms with van der Waals surface area (Å²) in [5, 5.41) is 3.15. The first-order chi connectivity index (χ1) is 9.29. The SMILES string of the molecule is NNC(c1cccs1)c1nc2ccccc2cc1Br. The normalized spacial score (nSPS) is 12.7. The van der Waals surface area contributed by atoms with E-state index in [4.69, 9.17) is 10.8 Å². The van der Waals surface area contributed by atoms with Crippen LogP contribution in [0.25, 0.3) is 10.9 Å². The number of thiophene rings is 1. The number of benzene rings is 1. The lowest BCUT2D eigenvalue weighted by molar-refractivity contribution is 0.629. The number of hydrogen-bond acceptors (Lipinski definition) is 4. The van der Waals surface area contributed by atoms with Crippen molar-refractivity contribution in [3.05, 3.63) is 62.9 Å². The van der Waals surface area contributed by atoms with Crippen LogP contribution in [-0.2, 0) is 0 Å². The molecular weight excluding hydrogens is 322 g/mol. The minimum Gasteiger partial charge on any atom is -0.270 e. The van der Waals surface area contributed by atoms with Crippen molar-refractivity contribution in [2.45, 2.75) is 6.04 Å². The van der Waals surface area contributed by atoms with Crippen molar-refractivity contribution in [3.63, 3.8) is 0 Å². The summed E-state index contributed by atoms with van der Waals surface area (Å²) in [4.78, 5) is 5.86. The molecule has 0 aliphatic carbocycles. The molecule has 0 aliphatic heterocycles. The van der Waals surface area contributed by atoms with E-state index in [0.29, 0.717) is 0 Å². The zero-order chi connectivity index (χ0) is 13.2. The third kappa shape index (κ3) is 2.42. The van der Waals surface area contributed by atoms with Crippen LogP contribution in [0.3, 0.4) is 0 Å². The van der Waals surface area contributed by atoms with Gasteiger partial charge in [0, 0.05) is 14.7 Å². The maximum Gasteiger partial charge on any atom is 0.0984 e. The Morgan fingerprint density at radius 2 is 2.05 bits per heavy atom. The van der Waals surface area contributed by atoms with Gasteiger partial charge in [-0.15, -0.1) is 11.3 Å². The summed E-state index contributed by atoms with van der Waals surface area (Å²) in [5.41, 5.74) is 4.72. The van der Waals surface area contributed by atoms with Gasteiger partial charge >= 0.3 is 0 Å². The largest absolute Gasteiger partial charge is 0.270 e. The molecule has 3 nitrogen and oxygen atoms in total. The molecule has 0 fully saturated rings. The van der Waals surface area contributed by atoms with Crippen LogP contribution in [0.4, 0.5) is 0 Å². The Hall–Kier alpha value is -1.27. The number of hydrogen-bond donors (Lipinski definition) is 2. The van der Waals surface area contributed by atoms with Crippen molar-refractivity contribution in [1.29, 1.82) is 0 Å². The van der Waals surface area contributed by atoms with Crippen molar-refractivity contribution in [1.82, 2.24) is 10.4 Å². The Morgan fingerprint density at radius 3 is 2.79 bits per heavy atom. The number of nitrogens with zero attached hydrogens (tertiary/aromatic N) is 1. The lowest BCUT2D eigenvalue weighted by Crippen LogP contribution is -2.29. The summed E-state index contributed by atoms with van der Waals surface area (Å²) in [6.07, 6.45) is 0. The first-order valence-electron chi connectivity index (χ1n) is 5.84. The van der Waals surface area contributed by atoms with Gasteiger partial charge in [0.05, 0.1) is 17.3 Å². The number of halogens is 1. The predicted molar refractivity (Wildman–Crippen MR) is 82.9 cm³/mol. The average Bonchev–Trinajstić information content (AvgIpc) is 2.94. The van der Waals surface area contributed by atoms with E-state index in [1.54, 1.807) is 11.3 Å². The van der Waals surface area contributed by atoms with Crippen LogP contribution in [0.2, 0.25) is 0 Å². The molecule has 0 saturated carbocycles. The minimum absolute atomic E-state index is 0.0982. The van der Waals surface area contributed by atoms with Crippen LogP contribution < -0.4 is 11.3 Å². The molecule has 19 heavy (non-hydrogen) atoms. The Labute approximate surface area is 123 Å². The van der Waals surface area contributed by atoms with E-state index in [-0.39, 0.29) is 6.04 Å². The molecule has 0 aliphatic rings. The smallest absolute Gasteiger partial charge is 0.0984 e. The number of fused-ring (bicyclic) bond motifs is 1. The van der Waals surface area contributed by atoms with Crippen LogP contribution in [-0.4, -0.2) is 4.98 Å². The molecule has 0 saturated heterocycles. The van der Waals surface area contributed by atoms with Gasteiger partial charge in [0.15, 0.2) is 0 Å². The molecule has 2 aromatic heterocycles. The summed E-state index contributed by atoms with van der Waals surface area (Å²) >= 11 is 5.25. The fourth-order valence-electron chi connectivity index (χ4n) is 2.06. The quantitative estimate of drug-likeness (QED) is 0.568. The number of rotatable bonds is 3. The van der Waals surface area contributed by atoms with E-state index in [1.165, 1.54) is 0 Å². The van der Waals surface area contributed by atoms with E-state index in [1.807, 2.05) is 35.7 Å². The van der Waals surface area contributed by atoms with Crippen LogP contribution >= 0.6 is 27.3 Å². The van der Waals surface area contributed by atoms with Crippen LogP contribution in [0.5, 0.6) is 0 Å². The molecule has 1 unspecified atom stereocenters. The maximum absolute atomic E-state index is 5.70. The highest BCUT2D eigenvalue weighted by Gasteiger charge is 2.18. The molecule has 96 valence electrons. The zero-order valence-corrected chi connectivity index (χ0v) is 12.4. The first-order valence-corrected chi connectivity index (χ1v) is 7.51. The van der Waals surface area contributed by atoms with Gasteiger partial charge in [-0.2, -0.15) is 0 Å². The first kappa shape index (κ1) is 12.7. The van der Waals surface area contributed by atoms with E-state index in [0.717, 1.165) is 25.9 Å². The lowest BCUT2D eigenvalue weighted by Gasteiger charge is -2.16. The maximum atomic E-state index is 5.70. The highest BCUT2D eigenvalue weighted by Crippen LogP contribution is 2.31. The van der Waals surface area contributed by atoms with E-state index >= 15 is 0 Å². The van der Waals surface area contributed by atoms with Gasteiger partial charge in [-0.05, 0) is 39.5 Å². The van der Waals surface area contributed by atoms with Gasteiger partial charge in [-0.25, -0.2) is 10.4 Å². The summed E-state index contributed by atoms with van der Waals surface area (Å²) < 4.78 is 0.961. The molecule has 0 radical (unpaired) electrons. The zero-order valence-electron chi connectivity index (χ0n) is 10.0. The van der Waals surface area contributed by atoms with Crippen molar-refractivity contribution < 1.29 is 0 Å². The molecule has 3 aromatic rings. The Bertz CT molecular complexity index is 697. The Morgan fingerprint density at radius 1 is 1.21 bits per heavy atom. The van der Waals surface area contributed by atoms with Gasteiger partial charge in [0.25, 0.3) is 0 Å². The molecular formula is C14H12BrN3S. The second-order valence-electron chi connectivity index (χ2n) is 4.16. The number of nitrogens with two attached hydrogens (primary N) is 1. The second-order valence-corrected chi connectivity index (χ2v) is 6.00. The number of para-hydroxylation sites is 1. The number of pyridine rings is 1. The van der Waals surface area contributed by atoms with Crippen LogP contribution in [0.1, 0.15) is 16.6 Å². The van der Waals surface area contributed by atoms with Crippen LogP contribution in [0.15, 0.2) is 52.3 Å². The van der Waals surface area contributed by atoms with E-state index in [9.17, 15) is 0 Å². The number of aromatic nitrogens is 1. The molecule has 2 heterocycles. The third-order valence-electron chi connectivity index (χ3n) is 2.97. The van der Waals surface area contributed by atoms with Gasteiger partial charge in [0.1, 0.15) is 0 Å². The molecule has 5 heteroatoms. The molecule has 1 aromatic carbocycles. The topological polar surface area (TPSA) is 50.9 Å². The summed E-state index contributed by atoms with van der Waals surface area (Å²) in [7, 11) is 0. The predicted octanol–water partition coefficient (Wildman–Crippen LogP) is 3.61. The molecule has 0 bridgehead atoms. The minimum atomic E-state index is -0.0982. The van der Waals surface area contributed by atoms with E-state index in [2.05, 4.69) is 33.5 Å². The number of hydrazine groups is 1. The summed E-state index contributed by atoms with van der Waals surface area (Å²) in [6.45, 7) is 0. The van der Waals surface area contributed by atoms with Crippen molar-refractivity contribution in [3.8, 4) is 0 Å². The van der Waals surface area contributed by atoms with E-state index < -0.39 is 0 Å². The fourth-order valence-corrected chi connectivity index (χ4v) is 3.41. The third-order valence-corrected chi connectivity index (χ3v) is 4.54. The molecule has 1 atom stereocenters. The summed E-state index contributed by atoms with van der Waals surface area (Å²) in [6, 6.07) is 14.1. The monoisotopic (exact) mass is 333 g/mol. The van der Waals surface area contributed by atoms with Crippen molar-refractivity contribution in [2.75, 3.05) is 0 Å². The summed E-state index contributed by atoms with van der Waals surface area (Å²) in [5.74, 6) is 5.70. The van der Waals surface area contributed by atoms with Gasteiger partial charge < -0.3 is 0 Å². The molecule has 0 spiro atoms. The fraction of sp³-hybridized carbons (Fsp3) is 0.0714. The van der Waals surface area contributed by atoms with Crippen molar-refractivity contribution in [2.24, 2.45) is 5.84 Å². The highest BCUT2D eigenvalue weighted by atomic mass is 79.9. The standard InChI is InChI=1S/C14H12BrN3S/c15-10-8-9-4-1-2-5-11(9)17-13(10)14(18-16)12-6-3-7-19-12/h1-8,14,18H,16H2. The molecule has 3 N–H and O–H groups in total. The number of nitrogens with one attached hydrogen (secondary N) is 1. The Kier molecular flexibility index (Phi) is 3.61. The Balaban J connectivity index is 2.15. The molecule has 3 rings (SSSR count). The van der Waals surface area contributed by atoms with Gasteiger partial charge in [-0.1, -0.05) is 24.3 Å². The van der Waals surface area contributed by atoms with Crippen molar-refractivity contribution >= 4 is 38.2 Å². The van der Waals surface area contributed by atoms with Crippen LogP contribution in [0, 0.1) is 0 Å². The lowest BCUT2D eigenvalue weighted by atomic mass is 10.1. The molecule has 0 amide bonds. The average molecular weight is 334 g/mol. The highest BCUT2D eigenvalue weighted by molar-refractivity contribution is 9.10. The second kappa shape index (κ2) is 5.38. The van der Waals surface area contributed by atoms with Gasteiger partial charge in [0.2, 0.25) is 0 Å². The van der Waals surface area contributed by atoms with Gasteiger partial charge in [-0.3, -0.25) is 5.84 Å².